The maximum Gasteiger partial charge on any atom is 0.186 e. The second-order valence-electron chi connectivity index (χ2n) is 2.08. The lowest BCUT2D eigenvalue weighted by atomic mass is 10.2. The summed E-state index contributed by atoms with van der Waals surface area (Å²) in [5.74, 6) is -4.20. The first kappa shape index (κ1) is 8.99. The number of anilines is 2. The molecule has 0 heterocycles. The van der Waals surface area contributed by atoms with Gasteiger partial charge in [-0.2, -0.15) is 0 Å². The SMILES string of the molecule is Nc1c(F)c(N)c(Cl)c(F)c1F. The van der Waals surface area contributed by atoms with Crippen LogP contribution in [0.2, 0.25) is 5.02 Å². The summed E-state index contributed by atoms with van der Waals surface area (Å²) >= 11 is 5.12. The lowest BCUT2D eigenvalue weighted by molar-refractivity contribution is 0.502. The largest absolute Gasteiger partial charge is 0.395 e. The van der Waals surface area contributed by atoms with E-state index in [2.05, 4.69) is 0 Å². The van der Waals surface area contributed by atoms with Crippen LogP contribution in [0.3, 0.4) is 0 Å². The van der Waals surface area contributed by atoms with E-state index in [0.717, 1.165) is 0 Å². The molecular weight excluding hydrogens is 193 g/mol. The van der Waals surface area contributed by atoms with Gasteiger partial charge in [0.25, 0.3) is 0 Å². The molecule has 0 fully saturated rings. The van der Waals surface area contributed by atoms with E-state index in [1.54, 1.807) is 0 Å². The van der Waals surface area contributed by atoms with Crippen LogP contribution in [0.4, 0.5) is 24.5 Å². The van der Waals surface area contributed by atoms with Crippen molar-refractivity contribution in [2.45, 2.75) is 0 Å². The molecule has 0 aliphatic rings. The van der Waals surface area contributed by atoms with Crippen LogP contribution in [0.25, 0.3) is 0 Å². The smallest absolute Gasteiger partial charge is 0.186 e. The second-order valence-corrected chi connectivity index (χ2v) is 2.46. The number of halogens is 4. The standard InChI is InChI=1S/C6H4ClF3N2/c7-1-2(8)3(9)6(12)4(10)5(1)11/h11-12H2. The molecule has 0 saturated heterocycles. The Labute approximate surface area is 70.9 Å². The Morgan fingerprint density at radius 2 is 1.33 bits per heavy atom. The van der Waals surface area contributed by atoms with E-state index in [4.69, 9.17) is 23.1 Å². The summed E-state index contributed by atoms with van der Waals surface area (Å²) in [7, 11) is 0. The van der Waals surface area contributed by atoms with Crippen molar-refractivity contribution in [1.29, 1.82) is 0 Å². The topological polar surface area (TPSA) is 52.0 Å². The lowest BCUT2D eigenvalue weighted by Gasteiger charge is -2.05. The minimum absolute atomic E-state index is 0.687. The maximum absolute atomic E-state index is 12.7. The van der Waals surface area contributed by atoms with Gasteiger partial charge >= 0.3 is 0 Å². The molecule has 0 atom stereocenters. The van der Waals surface area contributed by atoms with Crippen molar-refractivity contribution < 1.29 is 13.2 Å². The number of rotatable bonds is 0. The Bertz CT molecular complexity index is 235. The molecule has 6 heteroatoms. The average molecular weight is 197 g/mol. The van der Waals surface area contributed by atoms with Gasteiger partial charge in [0.1, 0.15) is 10.7 Å². The van der Waals surface area contributed by atoms with Crippen LogP contribution in [0, 0.1) is 17.5 Å². The Kier molecular flexibility index (Phi) is 2.06. The van der Waals surface area contributed by atoms with E-state index in [0.29, 0.717) is 0 Å². The van der Waals surface area contributed by atoms with Crippen molar-refractivity contribution in [2.24, 2.45) is 0 Å². The van der Waals surface area contributed by atoms with E-state index < -0.39 is 33.8 Å². The van der Waals surface area contributed by atoms with Crippen LogP contribution in [0.15, 0.2) is 0 Å². The lowest BCUT2D eigenvalue weighted by Crippen LogP contribution is -2.04. The zero-order valence-corrected chi connectivity index (χ0v) is 6.42. The molecule has 0 saturated carbocycles. The highest BCUT2D eigenvalue weighted by atomic mass is 35.5. The second kappa shape index (κ2) is 2.75. The minimum atomic E-state index is -1.52. The third-order valence-corrected chi connectivity index (χ3v) is 1.70. The molecule has 12 heavy (non-hydrogen) atoms. The van der Waals surface area contributed by atoms with E-state index in [-0.39, 0.29) is 0 Å². The van der Waals surface area contributed by atoms with Crippen molar-refractivity contribution >= 4 is 23.0 Å². The van der Waals surface area contributed by atoms with Crippen LogP contribution in [-0.4, -0.2) is 0 Å². The Balaban J connectivity index is 3.60. The summed E-state index contributed by atoms with van der Waals surface area (Å²) < 4.78 is 37.8. The van der Waals surface area contributed by atoms with Gasteiger partial charge in [-0.05, 0) is 0 Å². The fraction of sp³-hybridized carbons (Fsp3) is 0. The number of benzene rings is 1. The molecule has 2 nitrogen and oxygen atoms in total. The molecule has 4 N–H and O–H groups in total. The molecule has 0 spiro atoms. The van der Waals surface area contributed by atoms with Crippen molar-refractivity contribution in [3.8, 4) is 0 Å². The van der Waals surface area contributed by atoms with Gasteiger partial charge in [0.2, 0.25) is 0 Å². The number of hydrogen-bond acceptors (Lipinski definition) is 2. The third kappa shape index (κ3) is 1.06. The van der Waals surface area contributed by atoms with Gasteiger partial charge < -0.3 is 11.5 Å². The highest BCUT2D eigenvalue weighted by molar-refractivity contribution is 6.33. The Morgan fingerprint density at radius 3 is 1.83 bits per heavy atom. The minimum Gasteiger partial charge on any atom is -0.395 e. The van der Waals surface area contributed by atoms with Crippen LogP contribution < -0.4 is 11.5 Å². The van der Waals surface area contributed by atoms with Gasteiger partial charge in [0.05, 0.1) is 5.69 Å². The van der Waals surface area contributed by atoms with Gasteiger partial charge in [0, 0.05) is 0 Å². The quantitative estimate of drug-likeness (QED) is 0.378. The van der Waals surface area contributed by atoms with E-state index in [1.165, 1.54) is 0 Å². The van der Waals surface area contributed by atoms with Crippen LogP contribution in [-0.2, 0) is 0 Å². The van der Waals surface area contributed by atoms with Crippen LogP contribution >= 0.6 is 11.6 Å². The summed E-state index contributed by atoms with van der Waals surface area (Å²) in [6.45, 7) is 0. The van der Waals surface area contributed by atoms with E-state index in [1.807, 2.05) is 0 Å². The first-order chi connectivity index (χ1) is 5.46. The zero-order valence-electron chi connectivity index (χ0n) is 5.67. The molecule has 0 aliphatic carbocycles. The molecule has 1 aromatic carbocycles. The van der Waals surface area contributed by atoms with Gasteiger partial charge in [-0.15, -0.1) is 0 Å². The molecule has 0 unspecified atom stereocenters. The monoisotopic (exact) mass is 196 g/mol. The highest BCUT2D eigenvalue weighted by Gasteiger charge is 2.19. The van der Waals surface area contributed by atoms with E-state index >= 15 is 0 Å². The van der Waals surface area contributed by atoms with E-state index in [9.17, 15) is 13.2 Å². The van der Waals surface area contributed by atoms with Gasteiger partial charge in [0.15, 0.2) is 17.5 Å². The first-order valence-corrected chi connectivity index (χ1v) is 3.21. The third-order valence-electron chi connectivity index (χ3n) is 1.33. The van der Waals surface area contributed by atoms with Crippen molar-refractivity contribution in [3.63, 3.8) is 0 Å². The Morgan fingerprint density at radius 1 is 0.833 bits per heavy atom. The predicted octanol–water partition coefficient (Wildman–Crippen LogP) is 1.92. The fourth-order valence-corrected chi connectivity index (χ4v) is 0.837. The maximum atomic E-state index is 12.7. The number of hydrogen-bond donors (Lipinski definition) is 2. The summed E-state index contributed by atoms with van der Waals surface area (Å²) in [6, 6.07) is 0. The van der Waals surface area contributed by atoms with Crippen LogP contribution in [0.1, 0.15) is 0 Å². The number of nitrogen functional groups attached to an aromatic ring is 2. The first-order valence-electron chi connectivity index (χ1n) is 2.83. The molecule has 0 aliphatic heterocycles. The van der Waals surface area contributed by atoms with Gasteiger partial charge in [-0.3, -0.25) is 0 Å². The fourth-order valence-electron chi connectivity index (χ4n) is 0.671. The van der Waals surface area contributed by atoms with Crippen molar-refractivity contribution in [1.82, 2.24) is 0 Å². The zero-order chi connectivity index (χ0) is 9.46. The number of nitrogens with two attached hydrogens (primary N) is 2. The summed E-state index contributed by atoms with van der Waals surface area (Å²) in [5, 5.41) is -0.792. The van der Waals surface area contributed by atoms with Gasteiger partial charge in [-0.1, -0.05) is 11.6 Å². The molecule has 1 aromatic rings. The molecule has 0 radical (unpaired) electrons. The molecule has 0 amide bonds. The highest BCUT2D eigenvalue weighted by Crippen LogP contribution is 2.31. The molecular formula is C6H4ClF3N2. The predicted molar refractivity (Wildman–Crippen MR) is 40.2 cm³/mol. The van der Waals surface area contributed by atoms with Crippen molar-refractivity contribution in [3.05, 3.63) is 22.5 Å². The molecule has 0 aromatic heterocycles. The summed E-state index contributed by atoms with van der Waals surface area (Å²) in [5.41, 5.74) is 8.13. The normalized spacial score (nSPS) is 10.3. The average Bonchev–Trinajstić information content (AvgIpc) is 2.08. The summed E-state index contributed by atoms with van der Waals surface area (Å²) in [4.78, 5) is 0. The molecule has 0 bridgehead atoms. The summed E-state index contributed by atoms with van der Waals surface area (Å²) in [6.07, 6.45) is 0. The van der Waals surface area contributed by atoms with Gasteiger partial charge in [-0.25, -0.2) is 13.2 Å². The van der Waals surface area contributed by atoms with Crippen LogP contribution in [0.5, 0.6) is 0 Å². The Hall–Kier alpha value is -1.10. The molecule has 1 rings (SSSR count). The molecule has 66 valence electrons. The van der Waals surface area contributed by atoms with Crippen molar-refractivity contribution in [2.75, 3.05) is 11.5 Å².